The smallest absolute Gasteiger partial charge is 0.329 e. The van der Waals surface area contributed by atoms with E-state index in [9.17, 15) is 14.4 Å². The van der Waals surface area contributed by atoms with Crippen LogP contribution in [0.1, 0.15) is 22.3 Å². The number of para-hydroxylation sites is 1. The zero-order chi connectivity index (χ0) is 25.4. The van der Waals surface area contributed by atoms with E-state index in [2.05, 4.69) is 21.2 Å². The minimum Gasteiger partial charge on any atom is -0.483 e. The lowest BCUT2D eigenvalue weighted by atomic mass is 10.1. The third-order valence-corrected chi connectivity index (χ3v) is 5.48. The molecule has 0 aliphatic rings. The standard InChI is InChI=1S/C26H25ClN4O4/c1-16-8-10-20(12-18(16)3)29-24(32)15-35-23-7-5-4-6-19(23)14-28-31-26(34)25(33)30-21-11-9-17(2)22(27)13-21/h4-14H,15H2,1-3H3,(H,29,32)(H,30,33)(H,31,34)/b28-14-. The largest absolute Gasteiger partial charge is 0.483 e. The molecule has 9 heteroatoms. The first-order valence-electron chi connectivity index (χ1n) is 10.7. The number of nitrogens with zero attached hydrogens (tertiary/aromatic N) is 1. The van der Waals surface area contributed by atoms with Crippen molar-refractivity contribution in [2.24, 2.45) is 5.10 Å². The van der Waals surface area contributed by atoms with E-state index in [0.717, 1.165) is 16.7 Å². The number of carbonyl (C=O) groups excluding carboxylic acids is 3. The van der Waals surface area contributed by atoms with Crippen LogP contribution < -0.4 is 20.8 Å². The second-order valence-corrected chi connectivity index (χ2v) is 8.20. The van der Waals surface area contributed by atoms with Crippen molar-refractivity contribution < 1.29 is 19.1 Å². The maximum absolute atomic E-state index is 12.3. The minimum absolute atomic E-state index is 0.217. The highest BCUT2D eigenvalue weighted by molar-refractivity contribution is 6.39. The first-order valence-corrected chi connectivity index (χ1v) is 11.1. The van der Waals surface area contributed by atoms with E-state index < -0.39 is 11.8 Å². The molecular weight excluding hydrogens is 468 g/mol. The molecule has 0 fully saturated rings. The van der Waals surface area contributed by atoms with E-state index in [1.807, 2.05) is 39.0 Å². The molecule has 0 saturated heterocycles. The number of aryl methyl sites for hydroxylation is 3. The Kier molecular flexibility index (Phi) is 8.58. The molecule has 0 spiro atoms. The van der Waals surface area contributed by atoms with Crippen molar-refractivity contribution in [3.05, 3.63) is 87.9 Å². The lowest BCUT2D eigenvalue weighted by Gasteiger charge is -2.10. The highest BCUT2D eigenvalue weighted by atomic mass is 35.5. The van der Waals surface area contributed by atoms with Crippen molar-refractivity contribution in [2.45, 2.75) is 20.8 Å². The van der Waals surface area contributed by atoms with Crippen molar-refractivity contribution in [1.82, 2.24) is 5.43 Å². The number of benzene rings is 3. The molecule has 0 bridgehead atoms. The Balaban J connectivity index is 1.54. The van der Waals surface area contributed by atoms with Gasteiger partial charge in [0.2, 0.25) is 0 Å². The average molecular weight is 493 g/mol. The van der Waals surface area contributed by atoms with Gasteiger partial charge in [-0.3, -0.25) is 14.4 Å². The quantitative estimate of drug-likeness (QED) is 0.258. The Hall–Kier alpha value is -4.17. The van der Waals surface area contributed by atoms with Gasteiger partial charge in [0.1, 0.15) is 5.75 Å². The van der Waals surface area contributed by atoms with Crippen molar-refractivity contribution >= 4 is 46.9 Å². The molecule has 3 rings (SSSR count). The molecule has 3 aromatic rings. The third-order valence-electron chi connectivity index (χ3n) is 5.07. The number of nitrogens with one attached hydrogen (secondary N) is 3. The predicted octanol–water partition coefficient (Wildman–Crippen LogP) is 4.37. The lowest BCUT2D eigenvalue weighted by Crippen LogP contribution is -2.32. The number of halogens is 1. The normalized spacial score (nSPS) is 10.6. The van der Waals surface area contributed by atoms with Crippen LogP contribution in [-0.2, 0) is 14.4 Å². The van der Waals surface area contributed by atoms with Crippen LogP contribution in [0.15, 0.2) is 65.8 Å². The second-order valence-electron chi connectivity index (χ2n) is 7.79. The van der Waals surface area contributed by atoms with E-state index in [0.29, 0.717) is 27.7 Å². The highest BCUT2D eigenvalue weighted by Crippen LogP contribution is 2.20. The first kappa shape index (κ1) is 25.5. The Morgan fingerprint density at radius 2 is 1.54 bits per heavy atom. The fraction of sp³-hybridized carbons (Fsp3) is 0.154. The third kappa shape index (κ3) is 7.41. The number of hydrogen-bond acceptors (Lipinski definition) is 5. The van der Waals surface area contributed by atoms with Gasteiger partial charge in [-0.1, -0.05) is 35.9 Å². The maximum atomic E-state index is 12.3. The molecule has 3 aromatic carbocycles. The molecular formula is C26H25ClN4O4. The topological polar surface area (TPSA) is 109 Å². The molecule has 3 N–H and O–H groups in total. The molecule has 0 aliphatic carbocycles. The summed E-state index contributed by atoms with van der Waals surface area (Å²) < 4.78 is 5.62. The molecule has 0 aliphatic heterocycles. The molecule has 35 heavy (non-hydrogen) atoms. The number of ether oxygens (including phenoxy) is 1. The van der Waals surface area contributed by atoms with Crippen molar-refractivity contribution in [3.63, 3.8) is 0 Å². The Morgan fingerprint density at radius 1 is 0.857 bits per heavy atom. The summed E-state index contributed by atoms with van der Waals surface area (Å²) in [5.41, 5.74) is 6.81. The number of hydrazone groups is 1. The summed E-state index contributed by atoms with van der Waals surface area (Å²) in [6.45, 7) is 5.58. The first-order chi connectivity index (χ1) is 16.7. The lowest BCUT2D eigenvalue weighted by molar-refractivity contribution is -0.136. The second kappa shape index (κ2) is 11.8. The Morgan fingerprint density at radius 3 is 2.26 bits per heavy atom. The zero-order valence-corrected chi connectivity index (χ0v) is 20.3. The number of anilines is 2. The molecule has 0 atom stereocenters. The molecule has 0 unspecified atom stereocenters. The summed E-state index contributed by atoms with van der Waals surface area (Å²) in [5.74, 6) is -1.78. The summed E-state index contributed by atoms with van der Waals surface area (Å²) in [6.07, 6.45) is 1.32. The van der Waals surface area contributed by atoms with Crippen LogP contribution in [0.25, 0.3) is 0 Å². The fourth-order valence-electron chi connectivity index (χ4n) is 2.95. The molecule has 8 nitrogen and oxygen atoms in total. The highest BCUT2D eigenvalue weighted by Gasteiger charge is 2.13. The van der Waals surface area contributed by atoms with E-state index in [1.165, 1.54) is 6.21 Å². The van der Waals surface area contributed by atoms with Gasteiger partial charge in [0.05, 0.1) is 6.21 Å². The number of rotatable bonds is 7. The van der Waals surface area contributed by atoms with Gasteiger partial charge in [-0.05, 0) is 73.9 Å². The van der Waals surface area contributed by atoms with Crippen LogP contribution in [0.4, 0.5) is 11.4 Å². The predicted molar refractivity (Wildman–Crippen MR) is 137 cm³/mol. The van der Waals surface area contributed by atoms with Crippen LogP contribution in [-0.4, -0.2) is 30.5 Å². The summed E-state index contributed by atoms with van der Waals surface area (Å²) >= 11 is 6.03. The van der Waals surface area contributed by atoms with E-state index in [1.54, 1.807) is 42.5 Å². The van der Waals surface area contributed by atoms with E-state index >= 15 is 0 Å². The van der Waals surface area contributed by atoms with Gasteiger partial charge in [-0.2, -0.15) is 5.10 Å². The monoisotopic (exact) mass is 492 g/mol. The molecule has 0 aromatic heterocycles. The number of carbonyl (C=O) groups is 3. The van der Waals surface area contributed by atoms with Crippen molar-refractivity contribution in [2.75, 3.05) is 17.2 Å². The maximum Gasteiger partial charge on any atom is 0.329 e. The summed E-state index contributed by atoms with van der Waals surface area (Å²) in [6, 6.07) is 17.4. The van der Waals surface area contributed by atoms with Crippen LogP contribution in [0.5, 0.6) is 5.75 Å². The summed E-state index contributed by atoms with van der Waals surface area (Å²) in [4.78, 5) is 36.4. The van der Waals surface area contributed by atoms with E-state index in [-0.39, 0.29) is 12.5 Å². The molecule has 180 valence electrons. The Bertz CT molecular complexity index is 1290. The van der Waals surface area contributed by atoms with Gasteiger partial charge in [-0.25, -0.2) is 5.43 Å². The van der Waals surface area contributed by atoms with Gasteiger partial charge < -0.3 is 15.4 Å². The van der Waals surface area contributed by atoms with Gasteiger partial charge in [0.15, 0.2) is 6.61 Å². The summed E-state index contributed by atoms with van der Waals surface area (Å²) in [7, 11) is 0. The van der Waals surface area contributed by atoms with Crippen LogP contribution >= 0.6 is 11.6 Å². The van der Waals surface area contributed by atoms with Crippen molar-refractivity contribution in [1.29, 1.82) is 0 Å². The van der Waals surface area contributed by atoms with Crippen molar-refractivity contribution in [3.8, 4) is 5.75 Å². The van der Waals surface area contributed by atoms with Crippen LogP contribution in [0.3, 0.4) is 0 Å². The minimum atomic E-state index is -0.955. The number of hydrogen-bond donors (Lipinski definition) is 3. The fourth-order valence-corrected chi connectivity index (χ4v) is 3.13. The molecule has 0 saturated carbocycles. The van der Waals surface area contributed by atoms with Crippen LogP contribution in [0.2, 0.25) is 5.02 Å². The Labute approximate surface area is 208 Å². The van der Waals surface area contributed by atoms with Gasteiger partial charge in [0, 0.05) is 22.0 Å². The average Bonchev–Trinajstić information content (AvgIpc) is 2.83. The molecule has 3 amide bonds. The molecule has 0 radical (unpaired) electrons. The van der Waals surface area contributed by atoms with Crippen LogP contribution in [0, 0.1) is 20.8 Å². The van der Waals surface area contributed by atoms with Gasteiger partial charge in [-0.15, -0.1) is 0 Å². The number of amides is 3. The van der Waals surface area contributed by atoms with E-state index in [4.69, 9.17) is 16.3 Å². The summed E-state index contributed by atoms with van der Waals surface area (Å²) in [5, 5.41) is 9.53. The molecule has 0 heterocycles. The zero-order valence-electron chi connectivity index (χ0n) is 19.5. The van der Waals surface area contributed by atoms with Gasteiger partial charge >= 0.3 is 11.8 Å². The van der Waals surface area contributed by atoms with Gasteiger partial charge in [0.25, 0.3) is 5.91 Å². The SMILES string of the molecule is Cc1ccc(NC(=O)COc2ccccc2/C=N\NC(=O)C(=O)Nc2ccc(C)c(Cl)c2)cc1C.